The summed E-state index contributed by atoms with van der Waals surface area (Å²) < 4.78 is 27.5. The van der Waals surface area contributed by atoms with Crippen LogP contribution in [0.5, 0.6) is 0 Å². The van der Waals surface area contributed by atoms with Gasteiger partial charge in [0.05, 0.1) is 17.1 Å². The Labute approximate surface area is 177 Å². The van der Waals surface area contributed by atoms with E-state index in [9.17, 15) is 13.2 Å². The smallest absolute Gasteiger partial charge is 0.240 e. The standard InChI is InChI=1S/C23H25N3O3S/c27-23(25-18-21-8-4-5-16-24-21)14-11-20-9-12-22(13-10-20)30(28,29)26-17-15-19-6-2-1-3-7-19/h1-10,12-13,16,26H,11,14-15,17-18H2,(H,25,27). The van der Waals surface area contributed by atoms with Gasteiger partial charge in [-0.15, -0.1) is 0 Å². The predicted molar refractivity (Wildman–Crippen MR) is 116 cm³/mol. The molecule has 2 N–H and O–H groups in total. The molecule has 1 heterocycles. The predicted octanol–water partition coefficient (Wildman–Crippen LogP) is 2.85. The van der Waals surface area contributed by atoms with Gasteiger partial charge < -0.3 is 5.32 Å². The fourth-order valence-corrected chi connectivity index (χ4v) is 3.96. The second-order valence-electron chi connectivity index (χ2n) is 6.88. The van der Waals surface area contributed by atoms with Gasteiger partial charge in [0.2, 0.25) is 15.9 Å². The SMILES string of the molecule is O=C(CCc1ccc(S(=O)(=O)NCCc2ccccc2)cc1)NCc1ccccn1. The monoisotopic (exact) mass is 423 g/mol. The quantitative estimate of drug-likeness (QED) is 0.525. The number of carbonyl (C=O) groups is 1. The first-order chi connectivity index (χ1) is 14.5. The van der Waals surface area contributed by atoms with Gasteiger partial charge in [-0.05, 0) is 48.2 Å². The van der Waals surface area contributed by atoms with Gasteiger partial charge in [0.25, 0.3) is 0 Å². The molecule has 156 valence electrons. The Morgan fingerprint density at radius 3 is 2.23 bits per heavy atom. The Hall–Kier alpha value is -3.03. The molecule has 1 amide bonds. The maximum Gasteiger partial charge on any atom is 0.240 e. The summed E-state index contributed by atoms with van der Waals surface area (Å²) in [5.41, 5.74) is 2.79. The van der Waals surface area contributed by atoms with E-state index in [0.717, 1.165) is 16.8 Å². The number of aryl methyl sites for hydroxylation is 1. The molecule has 0 spiro atoms. The number of amides is 1. The minimum atomic E-state index is -3.55. The molecule has 0 aliphatic heterocycles. The molecule has 0 atom stereocenters. The zero-order chi connectivity index (χ0) is 21.2. The van der Waals surface area contributed by atoms with Crippen molar-refractivity contribution in [2.24, 2.45) is 0 Å². The highest BCUT2D eigenvalue weighted by molar-refractivity contribution is 7.89. The van der Waals surface area contributed by atoms with Gasteiger partial charge in [0, 0.05) is 19.2 Å². The lowest BCUT2D eigenvalue weighted by molar-refractivity contribution is -0.121. The molecule has 0 unspecified atom stereocenters. The van der Waals surface area contributed by atoms with E-state index in [1.165, 1.54) is 0 Å². The summed E-state index contributed by atoms with van der Waals surface area (Å²) in [5.74, 6) is -0.0695. The first-order valence-corrected chi connectivity index (χ1v) is 11.3. The molecule has 0 aliphatic carbocycles. The molecular formula is C23H25N3O3S. The number of nitrogens with one attached hydrogen (secondary N) is 2. The Morgan fingerprint density at radius 1 is 0.833 bits per heavy atom. The van der Waals surface area contributed by atoms with E-state index in [2.05, 4.69) is 15.0 Å². The van der Waals surface area contributed by atoms with Crippen molar-refractivity contribution in [2.45, 2.75) is 30.7 Å². The minimum absolute atomic E-state index is 0.0695. The number of nitrogens with zero attached hydrogens (tertiary/aromatic N) is 1. The lowest BCUT2D eigenvalue weighted by atomic mass is 10.1. The topological polar surface area (TPSA) is 88.2 Å². The number of benzene rings is 2. The fraction of sp³-hybridized carbons (Fsp3) is 0.217. The second-order valence-corrected chi connectivity index (χ2v) is 8.64. The minimum Gasteiger partial charge on any atom is -0.350 e. The van der Waals surface area contributed by atoms with Crippen LogP contribution in [-0.2, 0) is 34.2 Å². The highest BCUT2D eigenvalue weighted by Crippen LogP contribution is 2.12. The third-order valence-electron chi connectivity index (χ3n) is 4.62. The van der Waals surface area contributed by atoms with E-state index in [1.54, 1.807) is 30.5 Å². The van der Waals surface area contributed by atoms with Crippen LogP contribution in [0.4, 0.5) is 0 Å². The number of hydrogen-bond donors (Lipinski definition) is 2. The molecule has 6 nitrogen and oxygen atoms in total. The van der Waals surface area contributed by atoms with Gasteiger partial charge in [0.1, 0.15) is 0 Å². The maximum atomic E-state index is 12.4. The molecule has 3 aromatic rings. The van der Waals surface area contributed by atoms with Crippen molar-refractivity contribution in [3.63, 3.8) is 0 Å². The van der Waals surface area contributed by atoms with Crippen molar-refractivity contribution in [2.75, 3.05) is 6.54 Å². The largest absolute Gasteiger partial charge is 0.350 e. The fourth-order valence-electron chi connectivity index (χ4n) is 2.93. The zero-order valence-electron chi connectivity index (χ0n) is 16.6. The molecule has 0 saturated heterocycles. The summed E-state index contributed by atoms with van der Waals surface area (Å²) in [7, 11) is -3.55. The molecule has 3 rings (SSSR count). The first kappa shape index (κ1) is 21.7. The number of carbonyl (C=O) groups excluding carboxylic acids is 1. The molecule has 30 heavy (non-hydrogen) atoms. The number of pyridine rings is 1. The van der Waals surface area contributed by atoms with Crippen LogP contribution in [0.3, 0.4) is 0 Å². The lowest BCUT2D eigenvalue weighted by Crippen LogP contribution is -2.26. The first-order valence-electron chi connectivity index (χ1n) is 9.82. The van der Waals surface area contributed by atoms with Crippen molar-refractivity contribution < 1.29 is 13.2 Å². The summed E-state index contributed by atoms with van der Waals surface area (Å²) in [6.45, 7) is 0.732. The molecule has 1 aromatic heterocycles. The molecule has 0 aliphatic rings. The van der Waals surface area contributed by atoms with Crippen LogP contribution in [0.25, 0.3) is 0 Å². The van der Waals surface area contributed by atoms with Gasteiger partial charge >= 0.3 is 0 Å². The average molecular weight is 424 g/mol. The summed E-state index contributed by atoms with van der Waals surface area (Å²) in [5, 5.41) is 2.83. The Balaban J connectivity index is 1.44. The number of sulfonamides is 1. The van der Waals surface area contributed by atoms with Gasteiger partial charge in [-0.25, -0.2) is 13.1 Å². The van der Waals surface area contributed by atoms with E-state index < -0.39 is 10.0 Å². The van der Waals surface area contributed by atoms with Crippen LogP contribution in [-0.4, -0.2) is 25.9 Å². The van der Waals surface area contributed by atoms with Crippen molar-refractivity contribution in [1.82, 2.24) is 15.0 Å². The van der Waals surface area contributed by atoms with E-state index in [0.29, 0.717) is 32.4 Å². The van der Waals surface area contributed by atoms with E-state index in [4.69, 9.17) is 0 Å². The maximum absolute atomic E-state index is 12.4. The summed E-state index contributed by atoms with van der Waals surface area (Å²) in [4.78, 5) is 16.4. The van der Waals surface area contributed by atoms with Gasteiger partial charge in [-0.1, -0.05) is 48.5 Å². The van der Waals surface area contributed by atoms with E-state index in [1.807, 2.05) is 48.5 Å². The Bertz CT molecular complexity index is 1040. The molecule has 0 fully saturated rings. The third-order valence-corrected chi connectivity index (χ3v) is 6.09. The number of hydrogen-bond acceptors (Lipinski definition) is 4. The van der Waals surface area contributed by atoms with Crippen LogP contribution >= 0.6 is 0 Å². The highest BCUT2D eigenvalue weighted by atomic mass is 32.2. The van der Waals surface area contributed by atoms with Gasteiger partial charge in [-0.3, -0.25) is 9.78 Å². The van der Waals surface area contributed by atoms with Gasteiger partial charge in [0.15, 0.2) is 0 Å². The molecule has 7 heteroatoms. The Kier molecular flexibility index (Phi) is 7.70. The van der Waals surface area contributed by atoms with Crippen molar-refractivity contribution >= 4 is 15.9 Å². The normalized spacial score (nSPS) is 11.2. The van der Waals surface area contributed by atoms with E-state index >= 15 is 0 Å². The van der Waals surface area contributed by atoms with Crippen LogP contribution in [0.15, 0.2) is 83.9 Å². The summed E-state index contributed by atoms with van der Waals surface area (Å²) >= 11 is 0. The third kappa shape index (κ3) is 6.79. The molecule has 2 aromatic carbocycles. The lowest BCUT2D eigenvalue weighted by Gasteiger charge is -2.08. The van der Waals surface area contributed by atoms with Crippen LogP contribution in [0.2, 0.25) is 0 Å². The number of aromatic nitrogens is 1. The Morgan fingerprint density at radius 2 is 1.53 bits per heavy atom. The van der Waals surface area contributed by atoms with Crippen LogP contribution < -0.4 is 10.0 Å². The van der Waals surface area contributed by atoms with Crippen molar-refractivity contribution in [3.8, 4) is 0 Å². The molecule has 0 bridgehead atoms. The van der Waals surface area contributed by atoms with E-state index in [-0.39, 0.29) is 10.8 Å². The number of rotatable bonds is 10. The molecule has 0 radical (unpaired) electrons. The highest BCUT2D eigenvalue weighted by Gasteiger charge is 2.13. The summed E-state index contributed by atoms with van der Waals surface area (Å²) in [6.07, 6.45) is 3.18. The molecule has 0 saturated carbocycles. The van der Waals surface area contributed by atoms with Crippen LogP contribution in [0.1, 0.15) is 23.2 Å². The molecular weight excluding hydrogens is 398 g/mol. The average Bonchev–Trinajstić information content (AvgIpc) is 2.78. The van der Waals surface area contributed by atoms with Crippen LogP contribution in [0, 0.1) is 0 Å². The van der Waals surface area contributed by atoms with Gasteiger partial charge in [-0.2, -0.15) is 0 Å². The van der Waals surface area contributed by atoms with Crippen molar-refractivity contribution in [1.29, 1.82) is 0 Å². The summed E-state index contributed by atoms with van der Waals surface area (Å²) in [6, 6.07) is 21.9. The zero-order valence-corrected chi connectivity index (χ0v) is 17.4. The van der Waals surface area contributed by atoms with Crippen molar-refractivity contribution in [3.05, 3.63) is 95.8 Å². The second kappa shape index (κ2) is 10.7.